The van der Waals surface area contributed by atoms with Gasteiger partial charge in [0.1, 0.15) is 5.75 Å². The van der Waals surface area contributed by atoms with Crippen LogP contribution in [0.4, 0.5) is 0 Å². The van der Waals surface area contributed by atoms with Crippen molar-refractivity contribution in [3.63, 3.8) is 0 Å². The summed E-state index contributed by atoms with van der Waals surface area (Å²) < 4.78 is 36.0. The smallest absolute Gasteiger partial charge is 0.264 e. The minimum absolute atomic E-state index is 0.0455. The molecule has 4 aromatic rings. The Morgan fingerprint density at radius 2 is 1.81 bits per heavy atom. The van der Waals surface area contributed by atoms with E-state index < -0.39 is 26.6 Å². The number of carbonyl (C=O) groups excluding carboxylic acids is 2. The first kappa shape index (κ1) is 33.6. The first-order valence-corrected chi connectivity index (χ1v) is 20.6. The van der Waals surface area contributed by atoms with Gasteiger partial charge in [0.25, 0.3) is 5.91 Å². The molecule has 0 radical (unpaired) electrons. The first-order chi connectivity index (χ1) is 25.3. The molecule has 2 aliphatic heterocycles. The van der Waals surface area contributed by atoms with E-state index in [4.69, 9.17) is 4.74 Å². The summed E-state index contributed by atoms with van der Waals surface area (Å²) in [7, 11) is -2.01. The lowest BCUT2D eigenvalue weighted by molar-refractivity contribution is -0.137. The topological polar surface area (TPSA) is 114 Å². The van der Waals surface area contributed by atoms with Crippen LogP contribution in [0.1, 0.15) is 96.7 Å². The minimum Gasteiger partial charge on any atom is -0.497 e. The van der Waals surface area contributed by atoms with Crippen LogP contribution in [0.5, 0.6) is 5.75 Å². The number of hydrogen-bond acceptors (Lipinski definition) is 7. The van der Waals surface area contributed by atoms with Gasteiger partial charge >= 0.3 is 0 Å². The first-order valence-electron chi connectivity index (χ1n) is 19.1. The third-order valence-corrected chi connectivity index (χ3v) is 14.2. The van der Waals surface area contributed by atoms with Gasteiger partial charge in [-0.25, -0.2) is 13.1 Å². The number of hydrogen-bond donors (Lipinski definition) is 1. The fraction of sp³-hybridized carbons (Fsp3) is 0.488. The third-order valence-electron chi connectivity index (χ3n) is 12.4. The van der Waals surface area contributed by atoms with Crippen molar-refractivity contribution in [2.75, 3.05) is 33.3 Å². The Kier molecular flexibility index (Phi) is 8.41. The van der Waals surface area contributed by atoms with Crippen molar-refractivity contribution < 1.29 is 22.7 Å². The number of pyridine rings is 1. The molecular weight excluding hydrogens is 675 g/mol. The highest BCUT2D eigenvalue weighted by atomic mass is 32.2. The molecule has 0 bridgehead atoms. The molecule has 1 N–H and O–H groups in total. The molecule has 5 aliphatic rings. The Bertz CT molecular complexity index is 2160. The van der Waals surface area contributed by atoms with Crippen LogP contribution in [0.2, 0.25) is 0 Å². The van der Waals surface area contributed by atoms with E-state index in [-0.39, 0.29) is 11.8 Å². The second kappa shape index (κ2) is 13.0. The number of nitrogens with zero attached hydrogens (tertiary/aromatic N) is 4. The molecule has 2 aromatic heterocycles. The Morgan fingerprint density at radius 1 is 0.962 bits per heavy atom. The summed E-state index contributed by atoms with van der Waals surface area (Å²) in [4.78, 5) is 37.3. The fourth-order valence-corrected chi connectivity index (χ4v) is 10.8. The second-order valence-electron chi connectivity index (χ2n) is 15.7. The van der Waals surface area contributed by atoms with E-state index in [0.29, 0.717) is 44.0 Å². The van der Waals surface area contributed by atoms with E-state index in [1.54, 1.807) is 19.4 Å². The van der Waals surface area contributed by atoms with Gasteiger partial charge in [-0.1, -0.05) is 31.4 Å². The predicted molar refractivity (Wildman–Crippen MR) is 200 cm³/mol. The molecule has 52 heavy (non-hydrogen) atoms. The molecule has 2 amide bonds. The predicted octanol–water partition coefficient (Wildman–Crippen LogP) is 6.20. The standard InChI is InChI=1S/C41H47N5O5S/c1-51-30-11-15-32-34(22-30)35-23-41(35,40(48)45-18-6-17-44(19-20-45)25-27-7-5-16-42-24-27)26-46-36-21-29(39(47)43-52(49,50)31-12-13-31)10-14-33(36)37(38(32)46)28-8-3-2-4-9-28/h5,7,10-11,14-16,21-22,24,28,31,35H,2-4,6,8-9,12-13,17-20,23,25-26H2,1H3,(H,43,47). The molecule has 0 spiro atoms. The van der Waals surface area contributed by atoms with E-state index in [2.05, 4.69) is 42.3 Å². The summed E-state index contributed by atoms with van der Waals surface area (Å²) in [6.07, 6.45) is 12.3. The molecular formula is C41H47N5O5S. The normalized spacial score (nSPS) is 23.6. The number of nitrogens with one attached hydrogen (secondary N) is 1. The number of benzene rings is 2. The van der Waals surface area contributed by atoms with E-state index in [9.17, 15) is 13.2 Å². The van der Waals surface area contributed by atoms with Crippen LogP contribution in [-0.2, 0) is 27.9 Å². The van der Waals surface area contributed by atoms with Gasteiger partial charge in [-0.15, -0.1) is 0 Å². The lowest BCUT2D eigenvalue weighted by Crippen LogP contribution is -2.41. The maximum Gasteiger partial charge on any atom is 0.264 e. The van der Waals surface area contributed by atoms with E-state index in [1.807, 2.05) is 30.5 Å². The molecule has 3 aliphatic carbocycles. The molecule has 2 aromatic carbocycles. The highest BCUT2D eigenvalue weighted by Gasteiger charge is 2.64. The lowest BCUT2D eigenvalue weighted by Gasteiger charge is -2.28. The maximum absolute atomic E-state index is 15.0. The lowest BCUT2D eigenvalue weighted by atomic mass is 9.81. The van der Waals surface area contributed by atoms with Gasteiger partial charge in [0.05, 0.1) is 23.5 Å². The van der Waals surface area contributed by atoms with Crippen molar-refractivity contribution in [1.82, 2.24) is 24.1 Å². The molecule has 2 unspecified atom stereocenters. The van der Waals surface area contributed by atoms with Gasteiger partial charge in [0.2, 0.25) is 15.9 Å². The highest BCUT2D eigenvalue weighted by molar-refractivity contribution is 7.91. The van der Waals surface area contributed by atoms with Crippen LogP contribution in [0.25, 0.3) is 22.2 Å². The van der Waals surface area contributed by atoms with Gasteiger partial charge in [0, 0.05) is 79.6 Å². The zero-order valence-corrected chi connectivity index (χ0v) is 30.7. The Hall–Kier alpha value is -4.22. The summed E-state index contributed by atoms with van der Waals surface area (Å²) in [5, 5.41) is 0.600. The van der Waals surface area contributed by atoms with Crippen molar-refractivity contribution in [2.24, 2.45) is 5.41 Å². The number of ether oxygens (including phenoxy) is 1. The molecule has 2 atom stereocenters. The number of amides is 2. The number of aromatic nitrogens is 2. The van der Waals surface area contributed by atoms with Gasteiger partial charge in [-0.2, -0.15) is 0 Å². The van der Waals surface area contributed by atoms with Crippen LogP contribution >= 0.6 is 0 Å². The zero-order chi connectivity index (χ0) is 35.6. The second-order valence-corrected chi connectivity index (χ2v) is 17.7. The summed E-state index contributed by atoms with van der Waals surface area (Å²) in [5.41, 5.74) is 6.49. The van der Waals surface area contributed by atoms with Gasteiger partial charge < -0.3 is 14.2 Å². The van der Waals surface area contributed by atoms with E-state index >= 15 is 4.79 Å². The van der Waals surface area contributed by atoms with E-state index in [0.717, 1.165) is 78.8 Å². The van der Waals surface area contributed by atoms with Gasteiger partial charge in [-0.05, 0) is 97.5 Å². The number of sulfonamides is 1. The largest absolute Gasteiger partial charge is 0.497 e. The number of methoxy groups -OCH3 is 1. The summed E-state index contributed by atoms with van der Waals surface area (Å²) in [5.74, 6) is 0.789. The monoisotopic (exact) mass is 721 g/mol. The number of rotatable bonds is 8. The summed E-state index contributed by atoms with van der Waals surface area (Å²) in [6, 6.07) is 16.1. The SMILES string of the molecule is COc1ccc2c(c1)C1CC1(C(=O)N1CCCN(Cc3cccnc3)CC1)Cn1c-2c(C2CCCCC2)c2ccc(C(=O)NS(=O)(=O)C3CC3)cc21. The van der Waals surface area contributed by atoms with Crippen molar-refractivity contribution in [2.45, 2.75) is 88.0 Å². The Balaban J connectivity index is 1.13. The number of carbonyl (C=O) groups is 2. The third kappa shape index (κ3) is 5.90. The van der Waals surface area contributed by atoms with Crippen molar-refractivity contribution in [3.05, 3.63) is 83.2 Å². The number of fused-ring (bicyclic) bond motifs is 7. The van der Waals surface area contributed by atoms with Crippen LogP contribution < -0.4 is 9.46 Å². The van der Waals surface area contributed by atoms with Crippen molar-refractivity contribution in [3.8, 4) is 17.0 Å². The average Bonchev–Trinajstić information content (AvgIpc) is 4.08. The average molecular weight is 722 g/mol. The Morgan fingerprint density at radius 3 is 2.58 bits per heavy atom. The zero-order valence-electron chi connectivity index (χ0n) is 29.9. The molecule has 272 valence electrons. The fourth-order valence-electron chi connectivity index (χ4n) is 9.47. The maximum atomic E-state index is 15.0. The highest BCUT2D eigenvalue weighted by Crippen LogP contribution is 2.66. The molecule has 10 nitrogen and oxygen atoms in total. The molecule has 4 heterocycles. The molecule has 1 saturated heterocycles. The molecule has 3 saturated carbocycles. The van der Waals surface area contributed by atoms with Crippen LogP contribution in [-0.4, -0.2) is 78.1 Å². The Labute approximate surface area is 305 Å². The minimum atomic E-state index is -3.70. The van der Waals surface area contributed by atoms with Crippen molar-refractivity contribution >= 4 is 32.7 Å². The molecule has 9 rings (SSSR count). The van der Waals surface area contributed by atoms with Crippen molar-refractivity contribution in [1.29, 1.82) is 0 Å². The van der Waals surface area contributed by atoms with Gasteiger partial charge in [0.15, 0.2) is 0 Å². The molecule has 11 heteroatoms. The van der Waals surface area contributed by atoms with Crippen LogP contribution in [0, 0.1) is 5.41 Å². The van der Waals surface area contributed by atoms with E-state index in [1.165, 1.54) is 30.4 Å². The van der Waals surface area contributed by atoms with Crippen LogP contribution in [0.3, 0.4) is 0 Å². The summed E-state index contributed by atoms with van der Waals surface area (Å²) in [6.45, 7) is 4.44. The van der Waals surface area contributed by atoms with Crippen LogP contribution in [0.15, 0.2) is 60.9 Å². The quantitative estimate of drug-likeness (QED) is 0.231. The molecule has 4 fully saturated rings. The summed E-state index contributed by atoms with van der Waals surface area (Å²) >= 11 is 0. The van der Waals surface area contributed by atoms with Gasteiger partial charge in [-0.3, -0.25) is 19.5 Å².